The highest BCUT2D eigenvalue weighted by Gasteiger charge is 2.26. The van der Waals surface area contributed by atoms with Gasteiger partial charge in [-0.2, -0.15) is 0 Å². The Kier molecular flexibility index (Phi) is 3.78. The molecule has 0 radical (unpaired) electrons. The van der Waals surface area contributed by atoms with E-state index in [2.05, 4.69) is 20.6 Å². The predicted octanol–water partition coefficient (Wildman–Crippen LogP) is 1.69. The van der Waals surface area contributed by atoms with Gasteiger partial charge >= 0.3 is 6.03 Å². The van der Waals surface area contributed by atoms with Crippen molar-refractivity contribution in [1.82, 2.24) is 15.3 Å². The van der Waals surface area contributed by atoms with Crippen LogP contribution in [0.3, 0.4) is 0 Å². The summed E-state index contributed by atoms with van der Waals surface area (Å²) < 4.78 is 0. The number of carbonyl (C=O) groups is 2. The van der Waals surface area contributed by atoms with E-state index in [0.717, 1.165) is 12.1 Å². The Balaban J connectivity index is 2.30. The van der Waals surface area contributed by atoms with Gasteiger partial charge in [-0.3, -0.25) is 10.1 Å². The van der Waals surface area contributed by atoms with Crippen molar-refractivity contribution in [3.8, 4) is 0 Å². The van der Waals surface area contributed by atoms with Gasteiger partial charge in [0.15, 0.2) is 5.78 Å². The number of nitrogens with one attached hydrogen (secondary N) is 2. The summed E-state index contributed by atoms with van der Waals surface area (Å²) in [7, 11) is 0. The van der Waals surface area contributed by atoms with E-state index < -0.39 is 0 Å². The molecule has 0 saturated heterocycles. The van der Waals surface area contributed by atoms with Crippen LogP contribution in [0, 0.1) is 12.8 Å². The van der Waals surface area contributed by atoms with Gasteiger partial charge in [0.2, 0.25) is 5.95 Å². The van der Waals surface area contributed by atoms with Crippen molar-refractivity contribution in [2.45, 2.75) is 33.6 Å². The first-order valence-electron chi connectivity index (χ1n) is 6.46. The van der Waals surface area contributed by atoms with Gasteiger partial charge in [-0.15, -0.1) is 0 Å². The first kappa shape index (κ1) is 13.5. The lowest BCUT2D eigenvalue weighted by Crippen LogP contribution is -2.30. The van der Waals surface area contributed by atoms with E-state index in [1.54, 1.807) is 6.92 Å². The second-order valence-electron chi connectivity index (χ2n) is 4.88. The number of aromatic nitrogens is 2. The van der Waals surface area contributed by atoms with Crippen LogP contribution in [0.25, 0.3) is 0 Å². The summed E-state index contributed by atoms with van der Waals surface area (Å²) in [6, 6.07) is -0.336. The Labute approximate surface area is 112 Å². The quantitative estimate of drug-likeness (QED) is 0.849. The van der Waals surface area contributed by atoms with Gasteiger partial charge in [-0.25, -0.2) is 14.8 Å². The number of nitrogens with zero attached hydrogens (tertiary/aromatic N) is 2. The van der Waals surface area contributed by atoms with Crippen LogP contribution in [0.2, 0.25) is 0 Å². The molecule has 0 fully saturated rings. The molecule has 0 spiro atoms. The highest BCUT2D eigenvalue weighted by molar-refractivity contribution is 5.99. The Bertz CT molecular complexity index is 528. The Morgan fingerprint density at radius 1 is 1.37 bits per heavy atom. The van der Waals surface area contributed by atoms with Gasteiger partial charge in [0.05, 0.1) is 17.0 Å². The molecule has 0 saturated carbocycles. The maximum Gasteiger partial charge on any atom is 0.321 e. The summed E-state index contributed by atoms with van der Waals surface area (Å²) in [6.07, 6.45) is 1.29. The highest BCUT2D eigenvalue weighted by Crippen LogP contribution is 2.26. The average Bonchev–Trinajstić information content (AvgIpc) is 2.26. The largest absolute Gasteiger partial charge is 0.338 e. The van der Waals surface area contributed by atoms with Crippen LogP contribution in [0.4, 0.5) is 10.7 Å². The Morgan fingerprint density at radius 2 is 2.11 bits per heavy atom. The van der Waals surface area contributed by atoms with Gasteiger partial charge in [0.1, 0.15) is 0 Å². The first-order valence-corrected chi connectivity index (χ1v) is 6.46. The third-order valence-electron chi connectivity index (χ3n) is 3.08. The smallest absolute Gasteiger partial charge is 0.321 e. The molecule has 1 aliphatic carbocycles. The maximum atomic E-state index is 12.0. The van der Waals surface area contributed by atoms with Gasteiger partial charge in [-0.1, -0.05) is 6.92 Å². The van der Waals surface area contributed by atoms with Crippen LogP contribution < -0.4 is 10.6 Å². The third-order valence-corrected chi connectivity index (χ3v) is 3.08. The van der Waals surface area contributed by atoms with E-state index in [-0.39, 0.29) is 23.7 Å². The molecule has 1 heterocycles. The molecule has 6 heteroatoms. The van der Waals surface area contributed by atoms with E-state index in [1.807, 2.05) is 13.8 Å². The molecule has 1 unspecified atom stereocenters. The Hall–Kier alpha value is -1.98. The molecular weight excluding hydrogens is 244 g/mol. The summed E-state index contributed by atoms with van der Waals surface area (Å²) >= 11 is 0. The van der Waals surface area contributed by atoms with Crippen molar-refractivity contribution in [2.24, 2.45) is 5.92 Å². The van der Waals surface area contributed by atoms with Crippen molar-refractivity contribution in [3.05, 3.63) is 17.0 Å². The number of hydrogen-bond acceptors (Lipinski definition) is 4. The monoisotopic (exact) mass is 262 g/mol. The van der Waals surface area contributed by atoms with E-state index in [0.29, 0.717) is 24.2 Å². The lowest BCUT2D eigenvalue weighted by Gasteiger charge is -2.21. The van der Waals surface area contributed by atoms with E-state index >= 15 is 0 Å². The molecule has 2 N–H and O–H groups in total. The average molecular weight is 262 g/mol. The summed E-state index contributed by atoms with van der Waals surface area (Å²) in [5.41, 5.74) is 2.00. The zero-order valence-electron chi connectivity index (χ0n) is 11.4. The number of hydrogen-bond donors (Lipinski definition) is 2. The van der Waals surface area contributed by atoms with Crippen molar-refractivity contribution >= 4 is 17.8 Å². The minimum absolute atomic E-state index is 0.0933. The standard InChI is InChI=1S/C13H18N4O2/c1-4-14-13(19)17-12-15-8(3)11-9(16-12)5-7(2)6-10(11)18/h7H,4-6H2,1-3H3,(H2,14,15,16,17,19). The van der Waals surface area contributed by atoms with Gasteiger partial charge < -0.3 is 5.32 Å². The molecule has 19 heavy (non-hydrogen) atoms. The van der Waals surface area contributed by atoms with E-state index in [4.69, 9.17) is 0 Å². The minimum Gasteiger partial charge on any atom is -0.338 e. The Morgan fingerprint density at radius 3 is 2.79 bits per heavy atom. The lowest BCUT2D eigenvalue weighted by molar-refractivity contribution is 0.0951. The van der Waals surface area contributed by atoms with Crippen LogP contribution in [0.15, 0.2) is 0 Å². The van der Waals surface area contributed by atoms with E-state index in [1.165, 1.54) is 0 Å². The summed E-state index contributed by atoms with van der Waals surface area (Å²) in [5.74, 6) is 0.631. The topological polar surface area (TPSA) is 84.0 Å². The number of amides is 2. The number of Topliss-reactive ketones (excluding diaryl/α,β-unsaturated/α-hetero) is 1. The van der Waals surface area contributed by atoms with Gasteiger partial charge in [0.25, 0.3) is 0 Å². The first-order chi connectivity index (χ1) is 9.01. The number of ketones is 1. The van der Waals surface area contributed by atoms with Crippen LogP contribution >= 0.6 is 0 Å². The number of carbonyl (C=O) groups excluding carboxylic acids is 2. The molecule has 0 bridgehead atoms. The van der Waals surface area contributed by atoms with Crippen molar-refractivity contribution in [3.63, 3.8) is 0 Å². The maximum absolute atomic E-state index is 12.0. The second kappa shape index (κ2) is 5.34. The van der Waals surface area contributed by atoms with Crippen LogP contribution in [0.1, 0.15) is 42.0 Å². The van der Waals surface area contributed by atoms with Crippen LogP contribution in [-0.2, 0) is 6.42 Å². The normalized spacial score (nSPS) is 17.8. The number of urea groups is 1. The fourth-order valence-electron chi connectivity index (χ4n) is 2.33. The lowest BCUT2D eigenvalue weighted by atomic mass is 9.86. The number of fused-ring (bicyclic) bond motifs is 1. The molecule has 1 atom stereocenters. The molecule has 6 nitrogen and oxygen atoms in total. The molecule has 2 rings (SSSR count). The highest BCUT2D eigenvalue weighted by atomic mass is 16.2. The fraction of sp³-hybridized carbons (Fsp3) is 0.538. The molecule has 2 amide bonds. The summed E-state index contributed by atoms with van der Waals surface area (Å²) in [5, 5.41) is 5.19. The summed E-state index contributed by atoms with van der Waals surface area (Å²) in [6.45, 7) is 6.16. The fourth-order valence-corrected chi connectivity index (χ4v) is 2.33. The van der Waals surface area contributed by atoms with Gasteiger partial charge in [-0.05, 0) is 26.2 Å². The molecule has 1 aliphatic rings. The number of rotatable bonds is 2. The molecule has 102 valence electrons. The zero-order chi connectivity index (χ0) is 14.0. The van der Waals surface area contributed by atoms with Crippen molar-refractivity contribution in [1.29, 1.82) is 0 Å². The van der Waals surface area contributed by atoms with Crippen LogP contribution in [0.5, 0.6) is 0 Å². The molecular formula is C13H18N4O2. The van der Waals surface area contributed by atoms with E-state index in [9.17, 15) is 9.59 Å². The molecule has 1 aromatic rings. The minimum atomic E-state index is -0.336. The van der Waals surface area contributed by atoms with Crippen molar-refractivity contribution in [2.75, 3.05) is 11.9 Å². The van der Waals surface area contributed by atoms with Gasteiger partial charge in [0, 0.05) is 13.0 Å². The third kappa shape index (κ3) is 2.89. The SMILES string of the molecule is CCNC(=O)Nc1nc(C)c2c(n1)CC(C)CC2=O. The molecule has 1 aromatic heterocycles. The second-order valence-corrected chi connectivity index (χ2v) is 4.88. The number of aryl methyl sites for hydroxylation is 1. The van der Waals surface area contributed by atoms with Crippen LogP contribution in [-0.4, -0.2) is 28.3 Å². The zero-order valence-corrected chi connectivity index (χ0v) is 11.4. The predicted molar refractivity (Wildman–Crippen MR) is 71.3 cm³/mol. The van der Waals surface area contributed by atoms with Crippen molar-refractivity contribution < 1.29 is 9.59 Å². The molecule has 0 aliphatic heterocycles. The number of anilines is 1. The molecule has 0 aromatic carbocycles. The summed E-state index contributed by atoms with van der Waals surface area (Å²) in [4.78, 5) is 31.9.